The Labute approximate surface area is 141 Å². The predicted octanol–water partition coefficient (Wildman–Crippen LogP) is 4.28. The van der Waals surface area contributed by atoms with E-state index in [1.807, 2.05) is 12.1 Å². The lowest BCUT2D eigenvalue weighted by Crippen LogP contribution is -2.14. The molecule has 5 nitrogen and oxygen atoms in total. The summed E-state index contributed by atoms with van der Waals surface area (Å²) in [5.74, 6) is 0.959. The number of benzene rings is 1. The number of anilines is 1. The van der Waals surface area contributed by atoms with Crippen molar-refractivity contribution in [1.29, 1.82) is 0 Å². The van der Waals surface area contributed by atoms with Crippen LogP contribution in [-0.4, -0.2) is 15.9 Å². The molecule has 0 saturated carbocycles. The molecule has 2 heterocycles. The standard InChI is InChI=1S/C17H12BrN3O2/c18-12-5-3-6-13(11-12)23-17-14(7-4-10-20-17)16(22)21-15-8-1-2-9-19-15/h1-11H,(H,19,21,22). The molecule has 0 radical (unpaired) electrons. The maximum Gasteiger partial charge on any atom is 0.262 e. The fraction of sp³-hybridized carbons (Fsp3) is 0. The zero-order chi connectivity index (χ0) is 16.1. The number of pyridine rings is 2. The predicted molar refractivity (Wildman–Crippen MR) is 90.6 cm³/mol. The summed E-state index contributed by atoms with van der Waals surface area (Å²) in [5, 5.41) is 2.72. The molecule has 0 bridgehead atoms. The highest BCUT2D eigenvalue weighted by Gasteiger charge is 2.15. The third-order valence-corrected chi connectivity index (χ3v) is 3.43. The summed E-state index contributed by atoms with van der Waals surface area (Å²) in [5.41, 5.74) is 0.332. The first-order valence-electron chi connectivity index (χ1n) is 6.83. The Kier molecular flexibility index (Phi) is 4.63. The molecular weight excluding hydrogens is 358 g/mol. The highest BCUT2D eigenvalue weighted by Crippen LogP contribution is 2.25. The van der Waals surface area contributed by atoms with Crippen molar-refractivity contribution in [2.75, 3.05) is 5.32 Å². The zero-order valence-electron chi connectivity index (χ0n) is 11.9. The van der Waals surface area contributed by atoms with Crippen molar-refractivity contribution in [3.8, 4) is 11.6 Å². The maximum absolute atomic E-state index is 12.4. The summed E-state index contributed by atoms with van der Waals surface area (Å²) in [4.78, 5) is 20.6. The van der Waals surface area contributed by atoms with Crippen LogP contribution >= 0.6 is 15.9 Å². The fourth-order valence-corrected chi connectivity index (χ4v) is 2.29. The average molecular weight is 370 g/mol. The summed E-state index contributed by atoms with van der Waals surface area (Å²) in [6, 6.07) is 15.9. The van der Waals surface area contributed by atoms with Crippen molar-refractivity contribution >= 4 is 27.7 Å². The first-order valence-corrected chi connectivity index (χ1v) is 7.62. The van der Waals surface area contributed by atoms with Gasteiger partial charge < -0.3 is 10.1 Å². The van der Waals surface area contributed by atoms with Crippen molar-refractivity contribution in [2.45, 2.75) is 0 Å². The number of halogens is 1. The van der Waals surface area contributed by atoms with Gasteiger partial charge in [-0.15, -0.1) is 0 Å². The molecule has 0 aliphatic rings. The SMILES string of the molecule is O=C(Nc1ccccn1)c1cccnc1Oc1cccc(Br)c1. The van der Waals surface area contributed by atoms with Crippen LogP contribution in [-0.2, 0) is 0 Å². The number of carbonyl (C=O) groups is 1. The normalized spacial score (nSPS) is 10.1. The van der Waals surface area contributed by atoms with Crippen LogP contribution in [0.3, 0.4) is 0 Å². The van der Waals surface area contributed by atoms with Crippen LogP contribution in [0, 0.1) is 0 Å². The zero-order valence-corrected chi connectivity index (χ0v) is 13.5. The van der Waals surface area contributed by atoms with Crippen molar-refractivity contribution in [3.63, 3.8) is 0 Å². The molecule has 0 spiro atoms. The third-order valence-electron chi connectivity index (χ3n) is 2.93. The second kappa shape index (κ2) is 7.02. The smallest absolute Gasteiger partial charge is 0.262 e. The number of carbonyl (C=O) groups excluding carboxylic acids is 1. The molecule has 6 heteroatoms. The van der Waals surface area contributed by atoms with Gasteiger partial charge in [0.05, 0.1) is 0 Å². The Morgan fingerprint density at radius 1 is 1.00 bits per heavy atom. The van der Waals surface area contributed by atoms with Crippen LogP contribution in [0.2, 0.25) is 0 Å². The van der Waals surface area contributed by atoms with Crippen LogP contribution in [0.25, 0.3) is 0 Å². The minimum Gasteiger partial charge on any atom is -0.438 e. The van der Waals surface area contributed by atoms with Crippen LogP contribution in [0.4, 0.5) is 5.82 Å². The Hall–Kier alpha value is -2.73. The van der Waals surface area contributed by atoms with Crippen LogP contribution < -0.4 is 10.1 Å². The van der Waals surface area contributed by atoms with Gasteiger partial charge >= 0.3 is 0 Å². The molecule has 0 aliphatic heterocycles. The van der Waals surface area contributed by atoms with Crippen LogP contribution in [0.1, 0.15) is 10.4 Å². The molecule has 3 rings (SSSR count). The van der Waals surface area contributed by atoms with E-state index < -0.39 is 0 Å². The van der Waals surface area contributed by atoms with E-state index in [1.54, 1.807) is 54.9 Å². The molecule has 23 heavy (non-hydrogen) atoms. The molecule has 1 amide bonds. The third kappa shape index (κ3) is 3.92. The van der Waals surface area contributed by atoms with Gasteiger partial charge in [0.2, 0.25) is 5.88 Å². The topological polar surface area (TPSA) is 64.1 Å². The molecule has 1 N–H and O–H groups in total. The van der Waals surface area contributed by atoms with Gasteiger partial charge in [0.15, 0.2) is 0 Å². The number of nitrogens with zero attached hydrogens (tertiary/aromatic N) is 2. The quantitative estimate of drug-likeness (QED) is 0.745. The summed E-state index contributed by atoms with van der Waals surface area (Å²) < 4.78 is 6.61. The monoisotopic (exact) mass is 369 g/mol. The van der Waals surface area contributed by atoms with Gasteiger partial charge in [0.25, 0.3) is 5.91 Å². The number of amides is 1. The minimum absolute atomic E-state index is 0.235. The van der Waals surface area contributed by atoms with Crippen LogP contribution in [0.5, 0.6) is 11.6 Å². The summed E-state index contributed by atoms with van der Waals surface area (Å²) in [7, 11) is 0. The molecule has 1 aromatic carbocycles. The average Bonchev–Trinajstić information content (AvgIpc) is 2.56. The van der Waals surface area contributed by atoms with Crippen LogP contribution in [0.15, 0.2) is 71.5 Å². The summed E-state index contributed by atoms with van der Waals surface area (Å²) >= 11 is 3.38. The van der Waals surface area contributed by atoms with E-state index in [-0.39, 0.29) is 11.8 Å². The number of aromatic nitrogens is 2. The molecule has 3 aromatic rings. The van der Waals surface area contributed by atoms with E-state index in [1.165, 1.54) is 0 Å². The minimum atomic E-state index is -0.332. The van der Waals surface area contributed by atoms with E-state index in [9.17, 15) is 4.79 Å². The first kappa shape index (κ1) is 15.2. The molecule has 2 aromatic heterocycles. The largest absolute Gasteiger partial charge is 0.438 e. The van der Waals surface area contributed by atoms with Crippen molar-refractivity contribution < 1.29 is 9.53 Å². The number of hydrogen-bond donors (Lipinski definition) is 1. The van der Waals surface area contributed by atoms with E-state index in [2.05, 4.69) is 31.2 Å². The van der Waals surface area contributed by atoms with Gasteiger partial charge in [-0.05, 0) is 42.5 Å². The molecular formula is C17H12BrN3O2. The lowest BCUT2D eigenvalue weighted by Gasteiger charge is -2.10. The first-order chi connectivity index (χ1) is 11.2. The number of ether oxygens (including phenoxy) is 1. The maximum atomic E-state index is 12.4. The van der Waals surface area contributed by atoms with E-state index >= 15 is 0 Å². The summed E-state index contributed by atoms with van der Waals surface area (Å²) in [6.07, 6.45) is 3.18. The second-order valence-corrected chi connectivity index (χ2v) is 5.50. The number of nitrogens with one attached hydrogen (secondary N) is 1. The molecule has 0 aliphatic carbocycles. The van der Waals surface area contributed by atoms with Gasteiger partial charge in [-0.25, -0.2) is 9.97 Å². The Morgan fingerprint density at radius 2 is 1.87 bits per heavy atom. The van der Waals surface area contributed by atoms with Crippen molar-refractivity contribution in [2.24, 2.45) is 0 Å². The second-order valence-electron chi connectivity index (χ2n) is 4.58. The molecule has 0 saturated heterocycles. The van der Waals surface area contributed by atoms with Gasteiger partial charge in [0.1, 0.15) is 17.1 Å². The van der Waals surface area contributed by atoms with E-state index in [0.29, 0.717) is 17.1 Å². The lowest BCUT2D eigenvalue weighted by molar-refractivity contribution is 0.102. The number of hydrogen-bond acceptors (Lipinski definition) is 4. The molecule has 0 unspecified atom stereocenters. The fourth-order valence-electron chi connectivity index (χ4n) is 1.91. The van der Waals surface area contributed by atoms with Gasteiger partial charge in [0, 0.05) is 16.9 Å². The van der Waals surface area contributed by atoms with Gasteiger partial charge in [-0.2, -0.15) is 0 Å². The van der Waals surface area contributed by atoms with E-state index in [4.69, 9.17) is 4.74 Å². The Balaban J connectivity index is 1.84. The molecule has 0 fully saturated rings. The van der Waals surface area contributed by atoms with E-state index in [0.717, 1.165) is 4.47 Å². The summed E-state index contributed by atoms with van der Waals surface area (Å²) in [6.45, 7) is 0. The van der Waals surface area contributed by atoms with Crippen molar-refractivity contribution in [1.82, 2.24) is 9.97 Å². The molecule has 0 atom stereocenters. The lowest BCUT2D eigenvalue weighted by atomic mass is 10.2. The highest BCUT2D eigenvalue weighted by molar-refractivity contribution is 9.10. The number of rotatable bonds is 4. The Morgan fingerprint density at radius 3 is 2.65 bits per heavy atom. The molecule has 114 valence electrons. The van der Waals surface area contributed by atoms with Gasteiger partial charge in [-0.1, -0.05) is 28.1 Å². The van der Waals surface area contributed by atoms with Crippen molar-refractivity contribution in [3.05, 3.63) is 77.0 Å². The highest BCUT2D eigenvalue weighted by atomic mass is 79.9. The Bertz CT molecular complexity index is 825. The van der Waals surface area contributed by atoms with Gasteiger partial charge in [-0.3, -0.25) is 4.79 Å².